The fourth-order valence-corrected chi connectivity index (χ4v) is 2.53. The van der Waals surface area contributed by atoms with Gasteiger partial charge in [0, 0.05) is 12.1 Å². The fraction of sp³-hybridized carbons (Fsp3) is 0.263. The van der Waals surface area contributed by atoms with E-state index in [0.717, 1.165) is 30.0 Å². The molecule has 0 aliphatic heterocycles. The number of ether oxygens (including phenoxy) is 1. The van der Waals surface area contributed by atoms with E-state index in [4.69, 9.17) is 9.26 Å². The van der Waals surface area contributed by atoms with Crippen molar-refractivity contribution in [3.05, 3.63) is 65.4 Å². The maximum Gasteiger partial charge on any atom is 0.253 e. The summed E-state index contributed by atoms with van der Waals surface area (Å²) in [6.45, 7) is 3.15. The molecular weight excluding hydrogens is 318 g/mol. The molecule has 0 amide bonds. The van der Waals surface area contributed by atoms with Crippen LogP contribution in [0.1, 0.15) is 16.8 Å². The van der Waals surface area contributed by atoms with Crippen molar-refractivity contribution in [2.24, 2.45) is 0 Å². The Morgan fingerprint density at radius 3 is 2.52 bits per heavy atom. The number of nitrogens with one attached hydrogen (secondary N) is 1. The molecule has 0 aliphatic rings. The number of rotatable bonds is 7. The van der Waals surface area contributed by atoms with Crippen LogP contribution < -0.4 is 19.8 Å². The maximum atomic E-state index is 11.9. The standard InChI is InChI=1S/C19H21N3O3/c1-14-3-7-16(8-4-14)22-18(19(23)25-21-22)13-20-12-11-15-5-9-17(24-2)10-6-15/h3-10,20H,11-13H2,1-2H3. The van der Waals surface area contributed by atoms with Gasteiger partial charge in [-0.2, -0.15) is 0 Å². The van der Waals surface area contributed by atoms with Crippen molar-refractivity contribution in [1.82, 2.24) is 10.6 Å². The van der Waals surface area contributed by atoms with Gasteiger partial charge >= 0.3 is 0 Å². The molecular formula is C19H21N3O3. The second-order valence-electron chi connectivity index (χ2n) is 5.83. The molecule has 3 aromatic rings. The fourth-order valence-electron chi connectivity index (χ4n) is 2.53. The second-order valence-corrected chi connectivity index (χ2v) is 5.83. The van der Waals surface area contributed by atoms with E-state index in [2.05, 4.69) is 10.6 Å². The molecule has 130 valence electrons. The van der Waals surface area contributed by atoms with Gasteiger partial charge in [-0.3, -0.25) is 0 Å². The number of aryl methyl sites for hydroxylation is 1. The van der Waals surface area contributed by atoms with Crippen LogP contribution in [-0.4, -0.2) is 18.9 Å². The van der Waals surface area contributed by atoms with Crippen LogP contribution in [-0.2, 0) is 13.0 Å². The van der Waals surface area contributed by atoms with Crippen LogP contribution in [0.3, 0.4) is 0 Å². The third-order valence-corrected chi connectivity index (χ3v) is 4.02. The van der Waals surface area contributed by atoms with Crippen molar-refractivity contribution in [2.75, 3.05) is 13.7 Å². The minimum Gasteiger partial charge on any atom is -0.539 e. The smallest absolute Gasteiger partial charge is 0.253 e. The van der Waals surface area contributed by atoms with Crippen molar-refractivity contribution in [3.63, 3.8) is 0 Å². The number of nitrogens with zero attached hydrogens (tertiary/aromatic N) is 2. The lowest BCUT2D eigenvalue weighted by molar-refractivity contribution is -0.677. The summed E-state index contributed by atoms with van der Waals surface area (Å²) in [5.74, 6) is 0.425. The Kier molecular flexibility index (Phi) is 5.30. The lowest BCUT2D eigenvalue weighted by atomic mass is 10.1. The largest absolute Gasteiger partial charge is 0.539 e. The molecule has 0 spiro atoms. The van der Waals surface area contributed by atoms with Crippen molar-refractivity contribution in [1.29, 1.82) is 0 Å². The molecule has 1 N–H and O–H groups in total. The molecule has 0 unspecified atom stereocenters. The first kappa shape index (κ1) is 17.0. The van der Waals surface area contributed by atoms with E-state index in [0.29, 0.717) is 12.2 Å². The van der Waals surface area contributed by atoms with Crippen molar-refractivity contribution in [2.45, 2.75) is 19.9 Å². The lowest BCUT2D eigenvalue weighted by Gasteiger charge is -2.05. The van der Waals surface area contributed by atoms with Gasteiger partial charge in [0.1, 0.15) is 5.75 Å². The van der Waals surface area contributed by atoms with Crippen LogP contribution >= 0.6 is 0 Å². The summed E-state index contributed by atoms with van der Waals surface area (Å²) in [5, 5.41) is 19.0. The molecule has 0 fully saturated rings. The summed E-state index contributed by atoms with van der Waals surface area (Å²) in [4.78, 5) is 0. The SMILES string of the molecule is COc1ccc(CCNCc2c([O-])on[n+]2-c2ccc(C)cc2)cc1. The molecule has 0 bridgehead atoms. The van der Waals surface area contributed by atoms with E-state index in [-0.39, 0.29) is 0 Å². The molecule has 2 aromatic carbocycles. The molecule has 1 aromatic heterocycles. The average Bonchev–Trinajstić information content (AvgIpc) is 3.00. The van der Waals surface area contributed by atoms with Crippen molar-refractivity contribution >= 4 is 0 Å². The maximum absolute atomic E-state index is 11.9. The summed E-state index contributed by atoms with van der Waals surface area (Å²) >= 11 is 0. The molecule has 0 aliphatic carbocycles. The van der Waals surface area contributed by atoms with Crippen LogP contribution in [0, 0.1) is 6.92 Å². The van der Waals surface area contributed by atoms with E-state index in [9.17, 15) is 5.11 Å². The Morgan fingerprint density at radius 2 is 1.84 bits per heavy atom. The van der Waals surface area contributed by atoms with Gasteiger partial charge < -0.3 is 19.7 Å². The van der Waals surface area contributed by atoms with E-state index >= 15 is 0 Å². The molecule has 3 rings (SSSR count). The van der Waals surface area contributed by atoms with E-state index < -0.39 is 5.95 Å². The average molecular weight is 339 g/mol. The normalized spacial score (nSPS) is 10.8. The molecule has 0 atom stereocenters. The first-order chi connectivity index (χ1) is 12.2. The highest BCUT2D eigenvalue weighted by atomic mass is 16.6. The predicted molar refractivity (Wildman–Crippen MR) is 90.6 cm³/mol. The van der Waals surface area contributed by atoms with Gasteiger partial charge in [0.2, 0.25) is 5.69 Å². The van der Waals surface area contributed by atoms with Gasteiger partial charge in [-0.25, -0.2) is 0 Å². The van der Waals surface area contributed by atoms with Crippen LogP contribution in [0.4, 0.5) is 0 Å². The highest BCUT2D eigenvalue weighted by Crippen LogP contribution is 2.12. The van der Waals surface area contributed by atoms with Gasteiger partial charge in [-0.1, -0.05) is 29.8 Å². The second kappa shape index (κ2) is 7.81. The highest BCUT2D eigenvalue weighted by molar-refractivity contribution is 5.28. The Morgan fingerprint density at radius 1 is 1.12 bits per heavy atom. The zero-order chi connectivity index (χ0) is 17.6. The number of benzene rings is 2. The first-order valence-corrected chi connectivity index (χ1v) is 8.16. The van der Waals surface area contributed by atoms with Gasteiger partial charge in [0.25, 0.3) is 5.69 Å². The lowest BCUT2D eigenvalue weighted by Crippen LogP contribution is -2.39. The Labute approximate surface area is 146 Å². The Bertz CT molecular complexity index is 811. The van der Waals surface area contributed by atoms with Gasteiger partial charge in [-0.05, 0) is 42.3 Å². The number of hydrogen-bond acceptors (Lipinski definition) is 5. The Balaban J connectivity index is 1.59. The summed E-state index contributed by atoms with van der Waals surface area (Å²) in [6, 6.07) is 15.7. The van der Waals surface area contributed by atoms with Gasteiger partial charge in [0.15, 0.2) is 5.95 Å². The van der Waals surface area contributed by atoms with Crippen LogP contribution in [0.5, 0.6) is 11.7 Å². The summed E-state index contributed by atoms with van der Waals surface area (Å²) in [5.41, 5.74) is 3.64. The number of aromatic nitrogens is 2. The zero-order valence-electron chi connectivity index (χ0n) is 14.4. The molecule has 0 radical (unpaired) electrons. The van der Waals surface area contributed by atoms with Crippen molar-refractivity contribution in [3.8, 4) is 17.4 Å². The monoisotopic (exact) mass is 339 g/mol. The van der Waals surface area contributed by atoms with Crippen molar-refractivity contribution < 1.29 is 19.0 Å². The van der Waals surface area contributed by atoms with Crippen LogP contribution in [0.15, 0.2) is 53.1 Å². The molecule has 0 saturated carbocycles. The summed E-state index contributed by atoms with van der Waals surface area (Å²) in [6.07, 6.45) is 0.855. The van der Waals surface area contributed by atoms with E-state index in [1.807, 2.05) is 55.5 Å². The summed E-state index contributed by atoms with van der Waals surface area (Å²) < 4.78 is 11.5. The number of hydrogen-bond donors (Lipinski definition) is 1. The molecule has 0 saturated heterocycles. The predicted octanol–water partition coefficient (Wildman–Crippen LogP) is 1.67. The summed E-state index contributed by atoms with van der Waals surface area (Å²) in [7, 11) is 1.65. The van der Waals surface area contributed by atoms with Gasteiger partial charge in [-0.15, -0.1) is 0 Å². The van der Waals surface area contributed by atoms with Crippen LogP contribution in [0.2, 0.25) is 0 Å². The highest BCUT2D eigenvalue weighted by Gasteiger charge is 2.19. The minimum atomic E-state index is -0.419. The van der Waals surface area contributed by atoms with E-state index in [1.54, 1.807) is 11.8 Å². The van der Waals surface area contributed by atoms with E-state index in [1.165, 1.54) is 5.56 Å². The quantitative estimate of drug-likeness (QED) is 0.524. The molecule has 1 heterocycles. The third kappa shape index (κ3) is 4.16. The first-order valence-electron chi connectivity index (χ1n) is 8.16. The Hall–Kier alpha value is -2.86. The molecule has 6 heteroatoms. The zero-order valence-corrected chi connectivity index (χ0v) is 14.4. The topological polar surface area (TPSA) is 74.2 Å². The van der Waals surface area contributed by atoms with Crippen LogP contribution in [0.25, 0.3) is 5.69 Å². The minimum absolute atomic E-state index is 0.395. The third-order valence-electron chi connectivity index (χ3n) is 4.02. The molecule has 25 heavy (non-hydrogen) atoms. The van der Waals surface area contributed by atoms with Gasteiger partial charge in [0.05, 0.1) is 18.9 Å². The molecule has 6 nitrogen and oxygen atoms in total. The number of methoxy groups -OCH3 is 1.